The van der Waals surface area contributed by atoms with E-state index in [1.807, 2.05) is 62.4 Å². The number of benzene rings is 2. The molecule has 140 valence electrons. The van der Waals surface area contributed by atoms with Crippen molar-refractivity contribution < 1.29 is 4.74 Å². The SMILES string of the molecule is CC(C)Oc1ccccc1Nc1nccc(NCCc2cccc(Cl)c2)n1. The molecule has 3 rings (SSSR count). The highest BCUT2D eigenvalue weighted by Gasteiger charge is 2.07. The molecular formula is C21H23ClN4O. The molecule has 6 heteroatoms. The first-order valence-electron chi connectivity index (χ1n) is 8.94. The molecule has 0 aliphatic carbocycles. The topological polar surface area (TPSA) is 59.1 Å². The number of halogens is 1. The van der Waals surface area contributed by atoms with Crippen LogP contribution < -0.4 is 15.4 Å². The molecule has 0 amide bonds. The Morgan fingerprint density at radius 2 is 1.93 bits per heavy atom. The molecule has 27 heavy (non-hydrogen) atoms. The van der Waals surface area contributed by atoms with Crippen LogP contribution in [0.1, 0.15) is 19.4 Å². The Morgan fingerprint density at radius 3 is 2.74 bits per heavy atom. The third kappa shape index (κ3) is 5.86. The maximum atomic E-state index is 6.02. The van der Waals surface area contributed by atoms with Gasteiger partial charge in [0.2, 0.25) is 5.95 Å². The molecule has 0 bridgehead atoms. The van der Waals surface area contributed by atoms with Gasteiger partial charge in [0.25, 0.3) is 0 Å². The van der Waals surface area contributed by atoms with Crippen molar-refractivity contribution in [2.24, 2.45) is 0 Å². The number of aromatic nitrogens is 2. The van der Waals surface area contributed by atoms with Gasteiger partial charge in [-0.2, -0.15) is 4.98 Å². The van der Waals surface area contributed by atoms with Crippen LogP contribution in [0.5, 0.6) is 5.75 Å². The van der Waals surface area contributed by atoms with Gasteiger partial charge in [-0.15, -0.1) is 0 Å². The van der Waals surface area contributed by atoms with Crippen LogP contribution >= 0.6 is 11.6 Å². The van der Waals surface area contributed by atoms with Crippen molar-refractivity contribution in [1.82, 2.24) is 9.97 Å². The molecule has 3 aromatic rings. The fourth-order valence-electron chi connectivity index (χ4n) is 2.59. The Labute approximate surface area is 164 Å². The maximum absolute atomic E-state index is 6.02. The Balaban J connectivity index is 1.62. The summed E-state index contributed by atoms with van der Waals surface area (Å²) in [4.78, 5) is 8.82. The summed E-state index contributed by atoms with van der Waals surface area (Å²) in [5, 5.41) is 7.30. The fraction of sp³-hybridized carbons (Fsp3) is 0.238. The van der Waals surface area contributed by atoms with Gasteiger partial charge >= 0.3 is 0 Å². The third-order valence-corrected chi connectivity index (χ3v) is 4.00. The van der Waals surface area contributed by atoms with Crippen molar-refractivity contribution in [2.75, 3.05) is 17.2 Å². The number of nitrogens with one attached hydrogen (secondary N) is 2. The summed E-state index contributed by atoms with van der Waals surface area (Å²) in [6.07, 6.45) is 2.68. The molecule has 1 aromatic heterocycles. The van der Waals surface area contributed by atoms with Gasteiger partial charge in [0.05, 0.1) is 11.8 Å². The molecule has 2 aromatic carbocycles. The Morgan fingerprint density at radius 1 is 1.07 bits per heavy atom. The zero-order chi connectivity index (χ0) is 19.1. The van der Waals surface area contributed by atoms with Crippen molar-refractivity contribution >= 4 is 29.1 Å². The van der Waals surface area contributed by atoms with E-state index in [-0.39, 0.29) is 6.10 Å². The van der Waals surface area contributed by atoms with E-state index in [2.05, 4.69) is 26.7 Å². The van der Waals surface area contributed by atoms with Crippen LogP contribution in [0.25, 0.3) is 0 Å². The summed E-state index contributed by atoms with van der Waals surface area (Å²) in [5.41, 5.74) is 2.02. The van der Waals surface area contributed by atoms with Gasteiger partial charge in [-0.3, -0.25) is 0 Å². The zero-order valence-corrected chi connectivity index (χ0v) is 16.2. The number of rotatable bonds is 8. The lowest BCUT2D eigenvalue weighted by Crippen LogP contribution is -2.09. The molecule has 0 radical (unpaired) electrons. The average molecular weight is 383 g/mol. The van der Waals surface area contributed by atoms with Crippen molar-refractivity contribution in [1.29, 1.82) is 0 Å². The minimum Gasteiger partial charge on any atom is -0.489 e. The van der Waals surface area contributed by atoms with Crippen LogP contribution in [-0.4, -0.2) is 22.6 Å². The first-order chi connectivity index (χ1) is 13.1. The molecule has 2 N–H and O–H groups in total. The number of nitrogens with zero attached hydrogens (tertiary/aromatic N) is 2. The lowest BCUT2D eigenvalue weighted by Gasteiger charge is -2.15. The van der Waals surface area contributed by atoms with Gasteiger partial charge in [0.15, 0.2) is 0 Å². The molecular weight excluding hydrogens is 360 g/mol. The largest absolute Gasteiger partial charge is 0.489 e. The molecule has 0 saturated carbocycles. The summed E-state index contributed by atoms with van der Waals surface area (Å²) in [5.74, 6) is 2.05. The predicted octanol–water partition coefficient (Wildman–Crippen LogP) is 5.32. The highest BCUT2D eigenvalue weighted by atomic mass is 35.5. The number of anilines is 3. The second-order valence-electron chi connectivity index (χ2n) is 6.36. The van der Waals surface area contributed by atoms with Crippen LogP contribution in [0, 0.1) is 0 Å². The first kappa shape index (κ1) is 19.0. The summed E-state index contributed by atoms with van der Waals surface area (Å²) in [6.45, 7) is 4.75. The van der Waals surface area contributed by atoms with E-state index in [4.69, 9.17) is 16.3 Å². The van der Waals surface area contributed by atoms with Crippen molar-refractivity contribution in [2.45, 2.75) is 26.4 Å². The van der Waals surface area contributed by atoms with Crippen LogP contribution in [0.3, 0.4) is 0 Å². The van der Waals surface area contributed by atoms with Crippen LogP contribution in [-0.2, 0) is 6.42 Å². The minimum atomic E-state index is 0.0911. The van der Waals surface area contributed by atoms with Gasteiger partial charge in [-0.05, 0) is 56.2 Å². The molecule has 0 aliphatic rings. The molecule has 5 nitrogen and oxygen atoms in total. The summed E-state index contributed by atoms with van der Waals surface area (Å²) in [7, 11) is 0. The van der Waals surface area contributed by atoms with Crippen LogP contribution in [0.15, 0.2) is 60.8 Å². The average Bonchev–Trinajstić information content (AvgIpc) is 2.63. The highest BCUT2D eigenvalue weighted by molar-refractivity contribution is 6.30. The van der Waals surface area contributed by atoms with Crippen LogP contribution in [0.4, 0.5) is 17.5 Å². The van der Waals surface area contributed by atoms with Gasteiger partial charge in [0, 0.05) is 17.8 Å². The fourth-order valence-corrected chi connectivity index (χ4v) is 2.80. The highest BCUT2D eigenvalue weighted by Crippen LogP contribution is 2.27. The smallest absolute Gasteiger partial charge is 0.229 e. The lowest BCUT2D eigenvalue weighted by molar-refractivity contribution is 0.244. The molecule has 0 unspecified atom stereocenters. The molecule has 0 aliphatic heterocycles. The Hall–Kier alpha value is -2.79. The maximum Gasteiger partial charge on any atom is 0.229 e. The van der Waals surface area contributed by atoms with Gasteiger partial charge in [-0.25, -0.2) is 4.98 Å². The van der Waals surface area contributed by atoms with Gasteiger partial charge < -0.3 is 15.4 Å². The molecule has 0 saturated heterocycles. The van der Waals surface area contributed by atoms with Gasteiger partial charge in [-0.1, -0.05) is 35.9 Å². The number of para-hydroxylation sites is 2. The van der Waals surface area contributed by atoms with Crippen LogP contribution in [0.2, 0.25) is 5.02 Å². The van der Waals surface area contributed by atoms with E-state index in [1.54, 1.807) is 6.20 Å². The van der Waals surface area contributed by atoms with E-state index in [9.17, 15) is 0 Å². The van der Waals surface area contributed by atoms with E-state index >= 15 is 0 Å². The molecule has 0 fully saturated rings. The zero-order valence-electron chi connectivity index (χ0n) is 15.4. The van der Waals surface area contributed by atoms with Gasteiger partial charge in [0.1, 0.15) is 11.6 Å². The minimum absolute atomic E-state index is 0.0911. The van der Waals surface area contributed by atoms with E-state index in [1.165, 1.54) is 5.56 Å². The number of ether oxygens (including phenoxy) is 1. The van der Waals surface area contributed by atoms with E-state index in [0.29, 0.717) is 5.95 Å². The standard InChI is InChI=1S/C21H23ClN4O/c1-15(2)27-19-9-4-3-8-18(19)25-21-24-13-11-20(26-21)23-12-10-16-6-5-7-17(22)14-16/h3-9,11,13-15H,10,12H2,1-2H3,(H2,23,24,25,26). The van der Waals surface area contributed by atoms with Crippen molar-refractivity contribution in [3.05, 3.63) is 71.4 Å². The predicted molar refractivity (Wildman–Crippen MR) is 111 cm³/mol. The quantitative estimate of drug-likeness (QED) is 0.552. The van der Waals surface area contributed by atoms with Crippen molar-refractivity contribution in [3.8, 4) is 5.75 Å². The molecule has 1 heterocycles. The lowest BCUT2D eigenvalue weighted by atomic mass is 10.1. The molecule has 0 spiro atoms. The second kappa shape index (κ2) is 9.24. The normalized spacial score (nSPS) is 10.7. The monoisotopic (exact) mass is 382 g/mol. The Kier molecular flexibility index (Phi) is 6.49. The Bertz CT molecular complexity index is 885. The first-order valence-corrected chi connectivity index (χ1v) is 9.32. The second-order valence-corrected chi connectivity index (χ2v) is 6.80. The van der Waals surface area contributed by atoms with Crippen molar-refractivity contribution in [3.63, 3.8) is 0 Å². The summed E-state index contributed by atoms with van der Waals surface area (Å²) >= 11 is 6.02. The molecule has 0 atom stereocenters. The van der Waals surface area contributed by atoms with E-state index in [0.717, 1.165) is 35.2 Å². The summed E-state index contributed by atoms with van der Waals surface area (Å²) < 4.78 is 5.83. The number of hydrogen-bond acceptors (Lipinski definition) is 5. The third-order valence-electron chi connectivity index (χ3n) is 3.76. The summed E-state index contributed by atoms with van der Waals surface area (Å²) in [6, 6.07) is 17.5. The number of hydrogen-bond donors (Lipinski definition) is 2. The van der Waals surface area contributed by atoms with E-state index < -0.39 is 0 Å².